The van der Waals surface area contributed by atoms with Gasteiger partial charge in [0.15, 0.2) is 12.4 Å². The Balaban J connectivity index is 1.71. The van der Waals surface area contributed by atoms with E-state index in [2.05, 4.69) is 5.32 Å². The van der Waals surface area contributed by atoms with Gasteiger partial charge in [-0.2, -0.15) is 0 Å². The van der Waals surface area contributed by atoms with Gasteiger partial charge in [0.2, 0.25) is 0 Å². The maximum absolute atomic E-state index is 13.4. The zero-order valence-corrected chi connectivity index (χ0v) is 16.2. The highest BCUT2D eigenvalue weighted by atomic mass is 32.1. The number of hydrogen-bond acceptors (Lipinski definition) is 6. The standard InChI is InChI=1S/C19H19FN2O5S/c1-11-9-13(12(2)28-11)16(23)7-8-18(25)27-10-17(24)22-19(26)21-15-6-4-3-5-14(15)20/h3-6,9H,7-8,10H2,1-2H3,(H2,21,22,24,26). The van der Waals surface area contributed by atoms with Crippen molar-refractivity contribution in [3.63, 3.8) is 0 Å². The number of anilines is 1. The summed E-state index contributed by atoms with van der Waals surface area (Å²) in [6.07, 6.45) is -0.215. The zero-order chi connectivity index (χ0) is 20.7. The number of hydrogen-bond donors (Lipinski definition) is 2. The van der Waals surface area contributed by atoms with Crippen molar-refractivity contribution in [3.8, 4) is 0 Å². The van der Waals surface area contributed by atoms with E-state index in [1.165, 1.54) is 29.5 Å². The number of ether oxygens (including phenoxy) is 1. The molecule has 2 aromatic rings. The first-order valence-corrected chi connectivity index (χ1v) is 9.19. The molecule has 1 aromatic heterocycles. The number of carbonyl (C=O) groups excluding carboxylic acids is 4. The molecule has 0 saturated heterocycles. The van der Waals surface area contributed by atoms with Gasteiger partial charge in [-0.05, 0) is 32.0 Å². The van der Waals surface area contributed by atoms with Crippen LogP contribution in [0.1, 0.15) is 33.0 Å². The first-order valence-electron chi connectivity index (χ1n) is 8.37. The van der Waals surface area contributed by atoms with Crippen molar-refractivity contribution < 1.29 is 28.3 Å². The molecule has 2 N–H and O–H groups in total. The molecule has 0 unspecified atom stereocenters. The SMILES string of the molecule is Cc1cc(C(=O)CCC(=O)OCC(=O)NC(=O)Nc2ccccc2F)c(C)s1. The van der Waals surface area contributed by atoms with Crippen LogP contribution in [-0.4, -0.2) is 30.3 Å². The Kier molecular flexibility index (Phi) is 7.39. The number of carbonyl (C=O) groups is 4. The highest BCUT2D eigenvalue weighted by molar-refractivity contribution is 7.12. The molecule has 0 saturated carbocycles. The fourth-order valence-corrected chi connectivity index (χ4v) is 3.30. The van der Waals surface area contributed by atoms with Gasteiger partial charge in [0.1, 0.15) is 5.82 Å². The van der Waals surface area contributed by atoms with Gasteiger partial charge in [-0.1, -0.05) is 12.1 Å². The van der Waals surface area contributed by atoms with Crippen molar-refractivity contribution in [3.05, 3.63) is 51.5 Å². The first kappa shape index (κ1) is 21.2. The number of rotatable bonds is 7. The Morgan fingerprint density at radius 2 is 1.82 bits per heavy atom. The number of ketones is 1. The molecule has 28 heavy (non-hydrogen) atoms. The smallest absolute Gasteiger partial charge is 0.326 e. The van der Waals surface area contributed by atoms with Crippen LogP contribution >= 0.6 is 11.3 Å². The molecular weight excluding hydrogens is 387 g/mol. The number of para-hydroxylation sites is 1. The highest BCUT2D eigenvalue weighted by Crippen LogP contribution is 2.22. The number of imide groups is 1. The van der Waals surface area contributed by atoms with E-state index in [1.54, 1.807) is 6.07 Å². The van der Waals surface area contributed by atoms with Gasteiger partial charge in [-0.25, -0.2) is 9.18 Å². The number of thiophene rings is 1. The summed E-state index contributed by atoms with van der Waals surface area (Å²) in [5, 5.41) is 4.08. The van der Waals surface area contributed by atoms with E-state index >= 15 is 0 Å². The Morgan fingerprint density at radius 1 is 1.11 bits per heavy atom. The Labute approximate surface area is 164 Å². The van der Waals surface area contributed by atoms with Crippen molar-refractivity contribution in [2.75, 3.05) is 11.9 Å². The van der Waals surface area contributed by atoms with Crippen molar-refractivity contribution in [1.29, 1.82) is 0 Å². The van der Waals surface area contributed by atoms with Gasteiger partial charge in [0.25, 0.3) is 5.91 Å². The fraction of sp³-hybridized carbons (Fsp3) is 0.263. The summed E-state index contributed by atoms with van der Waals surface area (Å²) in [7, 11) is 0. The minimum atomic E-state index is -0.954. The van der Waals surface area contributed by atoms with Gasteiger partial charge < -0.3 is 10.1 Å². The molecule has 1 heterocycles. The van der Waals surface area contributed by atoms with E-state index < -0.39 is 30.3 Å². The normalized spacial score (nSPS) is 10.2. The van der Waals surface area contributed by atoms with Crippen LogP contribution in [0.25, 0.3) is 0 Å². The van der Waals surface area contributed by atoms with Crippen LogP contribution in [0.3, 0.4) is 0 Å². The van der Waals surface area contributed by atoms with Gasteiger partial charge >= 0.3 is 12.0 Å². The summed E-state index contributed by atoms with van der Waals surface area (Å²) < 4.78 is 18.2. The topological polar surface area (TPSA) is 102 Å². The molecule has 148 valence electrons. The second-order valence-electron chi connectivity index (χ2n) is 5.89. The number of benzene rings is 1. The van der Waals surface area contributed by atoms with Crippen LogP contribution in [0.15, 0.2) is 30.3 Å². The molecule has 0 fully saturated rings. The van der Waals surface area contributed by atoms with Crippen molar-refractivity contribution in [1.82, 2.24) is 5.32 Å². The number of Topliss-reactive ketones (excluding diaryl/α,β-unsaturated/α-hetero) is 1. The van der Waals surface area contributed by atoms with Crippen LogP contribution in [0.5, 0.6) is 0 Å². The maximum atomic E-state index is 13.4. The lowest BCUT2D eigenvalue weighted by molar-refractivity contribution is -0.148. The third-order valence-corrected chi connectivity index (χ3v) is 4.60. The average molecular weight is 406 g/mol. The Bertz CT molecular complexity index is 909. The van der Waals surface area contributed by atoms with Crippen molar-refractivity contribution in [2.45, 2.75) is 26.7 Å². The number of nitrogens with one attached hydrogen (secondary N) is 2. The second kappa shape index (κ2) is 9.75. The molecule has 3 amide bonds. The lowest BCUT2D eigenvalue weighted by Gasteiger charge is -2.08. The van der Waals surface area contributed by atoms with E-state index in [1.807, 2.05) is 19.2 Å². The van der Waals surface area contributed by atoms with Crippen LogP contribution in [0.2, 0.25) is 0 Å². The summed E-state index contributed by atoms with van der Waals surface area (Å²) in [5.41, 5.74) is 0.486. The summed E-state index contributed by atoms with van der Waals surface area (Å²) >= 11 is 1.50. The summed E-state index contributed by atoms with van der Waals surface area (Å²) in [6, 6.07) is 6.27. The average Bonchev–Trinajstić information content (AvgIpc) is 2.98. The van der Waals surface area contributed by atoms with Crippen LogP contribution in [0, 0.1) is 19.7 Å². The largest absolute Gasteiger partial charge is 0.456 e. The molecule has 0 aliphatic rings. The molecule has 1 aromatic carbocycles. The molecule has 0 spiro atoms. The van der Waals surface area contributed by atoms with Crippen LogP contribution in [-0.2, 0) is 14.3 Å². The zero-order valence-electron chi connectivity index (χ0n) is 15.3. The van der Waals surface area contributed by atoms with E-state index in [0.717, 1.165) is 15.8 Å². The van der Waals surface area contributed by atoms with Crippen LogP contribution < -0.4 is 10.6 Å². The maximum Gasteiger partial charge on any atom is 0.326 e. The van der Waals surface area contributed by atoms with Crippen molar-refractivity contribution in [2.24, 2.45) is 0 Å². The molecule has 0 aliphatic carbocycles. The number of esters is 1. The third kappa shape index (κ3) is 6.27. The Hall–Kier alpha value is -3.07. The number of amides is 3. The minimum Gasteiger partial charge on any atom is -0.456 e. The van der Waals surface area contributed by atoms with Crippen LogP contribution in [0.4, 0.5) is 14.9 Å². The second-order valence-corrected chi connectivity index (χ2v) is 7.35. The molecule has 0 aliphatic heterocycles. The molecule has 7 nitrogen and oxygen atoms in total. The fourth-order valence-electron chi connectivity index (χ4n) is 2.35. The van der Waals surface area contributed by atoms with Gasteiger partial charge in [-0.3, -0.25) is 19.7 Å². The first-order chi connectivity index (χ1) is 13.3. The third-order valence-electron chi connectivity index (χ3n) is 3.64. The van der Waals surface area contributed by atoms with E-state index in [0.29, 0.717) is 5.56 Å². The van der Waals surface area contributed by atoms with Gasteiger partial charge in [0.05, 0.1) is 12.1 Å². The monoisotopic (exact) mass is 406 g/mol. The van der Waals surface area contributed by atoms with E-state index in [4.69, 9.17) is 4.74 Å². The molecular formula is C19H19FN2O5S. The number of halogens is 1. The summed E-state index contributed by atoms with van der Waals surface area (Å²) in [6.45, 7) is 3.04. The van der Waals surface area contributed by atoms with E-state index in [9.17, 15) is 23.6 Å². The van der Waals surface area contributed by atoms with Crippen molar-refractivity contribution >= 4 is 40.7 Å². The summed E-state index contributed by atoms with van der Waals surface area (Å²) in [5.74, 6) is -2.44. The lowest BCUT2D eigenvalue weighted by atomic mass is 10.1. The molecule has 0 bridgehead atoms. The Morgan fingerprint density at radius 3 is 2.46 bits per heavy atom. The molecule has 0 radical (unpaired) electrons. The molecule has 0 atom stereocenters. The van der Waals surface area contributed by atoms with Gasteiger partial charge in [-0.15, -0.1) is 11.3 Å². The molecule has 2 rings (SSSR count). The number of urea groups is 1. The lowest BCUT2D eigenvalue weighted by Crippen LogP contribution is -2.37. The molecule has 9 heteroatoms. The predicted octanol–water partition coefficient (Wildman–Crippen LogP) is 3.36. The quantitative estimate of drug-likeness (QED) is 0.542. The van der Waals surface area contributed by atoms with E-state index in [-0.39, 0.29) is 24.3 Å². The minimum absolute atomic E-state index is 0.0365. The predicted molar refractivity (Wildman–Crippen MR) is 102 cm³/mol. The number of aryl methyl sites for hydroxylation is 2. The van der Waals surface area contributed by atoms with Gasteiger partial charge in [0, 0.05) is 21.7 Å². The highest BCUT2D eigenvalue weighted by Gasteiger charge is 2.16. The summed E-state index contributed by atoms with van der Waals surface area (Å²) in [4.78, 5) is 49.0.